The first-order chi connectivity index (χ1) is 15.2. The molecule has 0 radical (unpaired) electrons. The Hall–Kier alpha value is -3.17. The molecule has 4 saturated carbocycles. The molecule has 0 aromatic carbocycles. The monoisotopic (exact) mass is 443 g/mol. The summed E-state index contributed by atoms with van der Waals surface area (Å²) in [5, 5.41) is 5.27. The Labute approximate surface area is 184 Å². The molecule has 1 heterocycles. The number of rotatable bonds is 7. The van der Waals surface area contributed by atoms with Crippen molar-refractivity contribution in [3.8, 4) is 0 Å². The molecule has 4 aliphatic rings. The molecule has 0 saturated heterocycles. The Morgan fingerprint density at radius 1 is 0.844 bits per heavy atom. The minimum atomic E-state index is -0.933. The van der Waals surface area contributed by atoms with Crippen molar-refractivity contribution in [3.05, 3.63) is 56.8 Å². The Balaban J connectivity index is 1.49. The lowest BCUT2D eigenvalue weighted by atomic mass is 9.53. The Morgan fingerprint density at radius 3 is 1.72 bits per heavy atom. The van der Waals surface area contributed by atoms with Crippen LogP contribution in [0.1, 0.15) is 38.5 Å². The molecule has 4 bridgehead atoms. The van der Waals surface area contributed by atoms with Crippen LogP contribution in [0.25, 0.3) is 0 Å². The van der Waals surface area contributed by atoms with Crippen molar-refractivity contribution in [2.24, 2.45) is 17.8 Å². The SMILES string of the molecule is C=CCn1c(=O)n(CC=C)c(=O)n(CC(=O)NC(=O)NC23CC4CC(CC(C4)C2)C3)c1=O. The van der Waals surface area contributed by atoms with Crippen LogP contribution in [0.3, 0.4) is 0 Å². The van der Waals surface area contributed by atoms with Gasteiger partial charge < -0.3 is 5.32 Å². The summed E-state index contributed by atoms with van der Waals surface area (Å²) in [6, 6.07) is -0.615. The van der Waals surface area contributed by atoms with E-state index in [0.29, 0.717) is 22.3 Å². The molecular weight excluding hydrogens is 414 g/mol. The molecule has 3 amide bonds. The van der Waals surface area contributed by atoms with E-state index in [1.54, 1.807) is 0 Å². The normalized spacial score (nSPS) is 27.7. The number of nitrogens with one attached hydrogen (secondary N) is 2. The van der Waals surface area contributed by atoms with Gasteiger partial charge in [0.25, 0.3) is 0 Å². The molecule has 10 nitrogen and oxygen atoms in total. The van der Waals surface area contributed by atoms with Crippen LogP contribution < -0.4 is 27.7 Å². The van der Waals surface area contributed by atoms with Crippen molar-refractivity contribution in [2.45, 2.75) is 63.7 Å². The molecule has 1 aromatic rings. The van der Waals surface area contributed by atoms with E-state index in [9.17, 15) is 24.0 Å². The zero-order valence-corrected chi connectivity index (χ0v) is 18.0. The third kappa shape index (κ3) is 4.01. The molecular formula is C22H29N5O5. The first-order valence-corrected chi connectivity index (χ1v) is 11.0. The molecule has 172 valence electrons. The van der Waals surface area contributed by atoms with Crippen LogP contribution in [0.2, 0.25) is 0 Å². The van der Waals surface area contributed by atoms with Crippen LogP contribution >= 0.6 is 0 Å². The van der Waals surface area contributed by atoms with Crippen LogP contribution in [0.4, 0.5) is 4.79 Å². The number of hydrogen-bond donors (Lipinski definition) is 2. The van der Waals surface area contributed by atoms with Gasteiger partial charge in [-0.05, 0) is 56.3 Å². The first kappa shape index (κ1) is 22.0. The number of carbonyl (C=O) groups excluding carboxylic acids is 2. The fourth-order valence-corrected chi connectivity index (χ4v) is 6.23. The Kier molecular flexibility index (Phi) is 5.79. The number of imide groups is 1. The van der Waals surface area contributed by atoms with Gasteiger partial charge in [-0.2, -0.15) is 0 Å². The summed E-state index contributed by atoms with van der Waals surface area (Å²) in [6.45, 7) is 6.09. The van der Waals surface area contributed by atoms with E-state index >= 15 is 0 Å². The summed E-state index contributed by atoms with van der Waals surface area (Å²) in [6.07, 6.45) is 9.14. The van der Waals surface area contributed by atoms with Gasteiger partial charge in [-0.25, -0.2) is 32.9 Å². The lowest BCUT2D eigenvalue weighted by molar-refractivity contribution is -0.120. The second kappa shape index (κ2) is 8.40. The Morgan fingerprint density at radius 2 is 1.28 bits per heavy atom. The molecule has 10 heteroatoms. The van der Waals surface area contributed by atoms with E-state index in [-0.39, 0.29) is 18.6 Å². The number of carbonyl (C=O) groups is 2. The van der Waals surface area contributed by atoms with Crippen LogP contribution in [-0.2, 0) is 24.4 Å². The summed E-state index contributed by atoms with van der Waals surface area (Å²) in [4.78, 5) is 62.8. The zero-order valence-electron chi connectivity index (χ0n) is 18.0. The second-order valence-electron chi connectivity index (χ2n) is 9.43. The predicted molar refractivity (Wildman–Crippen MR) is 117 cm³/mol. The number of amides is 3. The van der Waals surface area contributed by atoms with Crippen LogP contribution in [0.5, 0.6) is 0 Å². The van der Waals surface area contributed by atoms with Gasteiger partial charge in [0.05, 0.1) is 13.1 Å². The first-order valence-electron chi connectivity index (χ1n) is 11.0. The van der Waals surface area contributed by atoms with Gasteiger partial charge in [-0.1, -0.05) is 12.2 Å². The fourth-order valence-electron chi connectivity index (χ4n) is 6.23. The van der Waals surface area contributed by atoms with E-state index in [2.05, 4.69) is 23.8 Å². The molecule has 0 aliphatic heterocycles. The smallest absolute Gasteiger partial charge is 0.332 e. The van der Waals surface area contributed by atoms with Gasteiger partial charge in [0, 0.05) is 5.54 Å². The highest BCUT2D eigenvalue weighted by molar-refractivity contribution is 5.94. The van der Waals surface area contributed by atoms with E-state index in [0.717, 1.165) is 28.4 Å². The molecule has 4 aliphatic carbocycles. The third-order valence-corrected chi connectivity index (χ3v) is 6.98. The number of allylic oxidation sites excluding steroid dienone is 2. The lowest BCUT2D eigenvalue weighted by Crippen LogP contribution is -2.62. The third-order valence-electron chi connectivity index (χ3n) is 6.98. The van der Waals surface area contributed by atoms with Gasteiger partial charge in [-0.3, -0.25) is 10.1 Å². The minimum Gasteiger partial charge on any atom is -0.332 e. The molecule has 5 rings (SSSR count). The average Bonchev–Trinajstić information content (AvgIpc) is 2.70. The van der Waals surface area contributed by atoms with Crippen molar-refractivity contribution < 1.29 is 9.59 Å². The molecule has 0 unspecified atom stereocenters. The highest BCUT2D eigenvalue weighted by Gasteiger charge is 2.51. The number of urea groups is 1. The highest BCUT2D eigenvalue weighted by atomic mass is 16.2. The van der Waals surface area contributed by atoms with Crippen molar-refractivity contribution >= 4 is 11.9 Å². The standard InChI is InChI=1S/C22H29N5O5/c1-3-5-25-19(30)26(6-4-2)21(32)27(20(25)31)13-17(28)23-18(29)24-22-10-14-7-15(11-22)9-16(8-14)12-22/h3-4,14-16H,1-2,5-13H2,(H2,23,24,28,29). The summed E-state index contributed by atoms with van der Waals surface area (Å²) >= 11 is 0. The molecule has 4 fully saturated rings. The van der Waals surface area contributed by atoms with Gasteiger partial charge in [0.1, 0.15) is 6.54 Å². The van der Waals surface area contributed by atoms with Gasteiger partial charge in [0.2, 0.25) is 5.91 Å². The molecule has 1 aromatic heterocycles. The zero-order chi connectivity index (χ0) is 23.0. The van der Waals surface area contributed by atoms with Crippen LogP contribution in [0, 0.1) is 17.8 Å². The summed E-state index contributed by atoms with van der Waals surface area (Å²) in [5.41, 5.74) is -2.95. The fraction of sp³-hybridized carbons (Fsp3) is 0.591. The van der Waals surface area contributed by atoms with Crippen molar-refractivity contribution in [1.82, 2.24) is 24.3 Å². The van der Waals surface area contributed by atoms with Gasteiger partial charge in [0.15, 0.2) is 0 Å². The second-order valence-corrected chi connectivity index (χ2v) is 9.43. The Bertz CT molecular complexity index is 1060. The minimum absolute atomic E-state index is 0.122. The van der Waals surface area contributed by atoms with E-state index < -0.39 is 35.6 Å². The molecule has 32 heavy (non-hydrogen) atoms. The van der Waals surface area contributed by atoms with Crippen LogP contribution in [-0.4, -0.2) is 31.2 Å². The van der Waals surface area contributed by atoms with E-state index in [4.69, 9.17) is 0 Å². The van der Waals surface area contributed by atoms with Gasteiger partial charge >= 0.3 is 23.1 Å². The highest BCUT2D eigenvalue weighted by Crippen LogP contribution is 2.55. The predicted octanol–water partition coefficient (Wildman–Crippen LogP) is 0.338. The maximum absolute atomic E-state index is 12.6. The van der Waals surface area contributed by atoms with Crippen LogP contribution in [0.15, 0.2) is 39.7 Å². The molecule has 0 spiro atoms. The number of hydrogen-bond acceptors (Lipinski definition) is 5. The number of nitrogens with zero attached hydrogens (tertiary/aromatic N) is 3. The average molecular weight is 444 g/mol. The van der Waals surface area contributed by atoms with Gasteiger partial charge in [-0.15, -0.1) is 13.2 Å². The maximum atomic E-state index is 12.6. The summed E-state index contributed by atoms with van der Waals surface area (Å²) < 4.78 is 2.25. The van der Waals surface area contributed by atoms with E-state index in [1.807, 2.05) is 0 Å². The summed E-state index contributed by atoms with van der Waals surface area (Å²) in [5.74, 6) is 1.08. The lowest BCUT2D eigenvalue weighted by Gasteiger charge is -2.56. The maximum Gasteiger partial charge on any atom is 0.337 e. The summed E-state index contributed by atoms with van der Waals surface area (Å²) in [7, 11) is 0. The topological polar surface area (TPSA) is 124 Å². The largest absolute Gasteiger partial charge is 0.337 e. The van der Waals surface area contributed by atoms with Crippen molar-refractivity contribution in [1.29, 1.82) is 0 Å². The molecule has 0 atom stereocenters. The van der Waals surface area contributed by atoms with Crippen molar-refractivity contribution in [3.63, 3.8) is 0 Å². The van der Waals surface area contributed by atoms with E-state index in [1.165, 1.54) is 31.4 Å². The van der Waals surface area contributed by atoms with Crippen molar-refractivity contribution in [2.75, 3.05) is 0 Å². The number of aromatic nitrogens is 3. The quantitative estimate of drug-likeness (QED) is 0.588. The molecule has 2 N–H and O–H groups in total.